The smallest absolute Gasteiger partial charge is 0.267 e. The van der Waals surface area contributed by atoms with Gasteiger partial charge in [0.05, 0.1) is 23.9 Å². The van der Waals surface area contributed by atoms with Crippen molar-refractivity contribution in [1.29, 1.82) is 0 Å². The van der Waals surface area contributed by atoms with Crippen LogP contribution in [0.4, 0.5) is 5.69 Å². The third-order valence-electron chi connectivity index (χ3n) is 5.80. The number of phenols is 1. The standard InChI is InChI=1S/C30H22BrClN4O5S/c31-21-7-12-26(41-18-28(38)34-23-10-8-22(32)9-11-23)20(14-21)15-27-29(39)36(17-24-5-3-13-40-24)30(42-27)35-33-16-19-4-1-2-6-25(19)37/h1-16,37H,17-18H2,(H,34,38)/b27-15-,33-16+,35-30-. The zero-order chi connectivity index (χ0) is 29.5. The number of carbonyl (C=O) groups excluding carboxylic acids is 2. The third kappa shape index (κ3) is 7.49. The highest BCUT2D eigenvalue weighted by Gasteiger charge is 2.34. The van der Waals surface area contributed by atoms with E-state index in [1.807, 2.05) is 0 Å². The van der Waals surface area contributed by atoms with E-state index in [-0.39, 0.29) is 30.7 Å². The first-order valence-electron chi connectivity index (χ1n) is 12.5. The van der Waals surface area contributed by atoms with Gasteiger partial charge in [-0.25, -0.2) is 0 Å². The maximum atomic E-state index is 13.5. The number of aromatic hydroxyl groups is 1. The van der Waals surface area contributed by atoms with E-state index in [9.17, 15) is 14.7 Å². The van der Waals surface area contributed by atoms with Gasteiger partial charge in [-0.3, -0.25) is 14.5 Å². The van der Waals surface area contributed by atoms with Gasteiger partial charge < -0.3 is 19.6 Å². The molecule has 0 atom stereocenters. The number of para-hydroxylation sites is 1. The van der Waals surface area contributed by atoms with E-state index >= 15 is 0 Å². The van der Waals surface area contributed by atoms with Gasteiger partial charge in [0.2, 0.25) is 0 Å². The number of rotatable bonds is 9. The van der Waals surface area contributed by atoms with E-state index < -0.39 is 0 Å². The molecular weight excluding hydrogens is 644 g/mol. The highest BCUT2D eigenvalue weighted by Crippen LogP contribution is 2.36. The highest BCUT2D eigenvalue weighted by molar-refractivity contribution is 9.10. The molecule has 1 aliphatic rings. The van der Waals surface area contributed by atoms with E-state index in [0.717, 1.165) is 16.2 Å². The van der Waals surface area contributed by atoms with Gasteiger partial charge >= 0.3 is 0 Å². The Balaban J connectivity index is 1.37. The predicted octanol–water partition coefficient (Wildman–Crippen LogP) is 6.93. The van der Waals surface area contributed by atoms with Crippen molar-refractivity contribution >= 4 is 74.3 Å². The van der Waals surface area contributed by atoms with Crippen molar-refractivity contribution in [3.63, 3.8) is 0 Å². The van der Waals surface area contributed by atoms with Crippen molar-refractivity contribution in [3.05, 3.63) is 116 Å². The SMILES string of the molecule is O=C(COc1ccc(Br)cc1/C=C1\S/C(=N\N=C\c2ccccc2O)N(Cc2ccco2)C1=O)Nc1ccc(Cl)cc1. The zero-order valence-corrected chi connectivity index (χ0v) is 24.9. The minimum Gasteiger partial charge on any atom is -0.507 e. The number of amidine groups is 1. The first-order chi connectivity index (χ1) is 20.4. The van der Waals surface area contributed by atoms with Crippen molar-refractivity contribution in [3.8, 4) is 11.5 Å². The Labute approximate surface area is 258 Å². The summed E-state index contributed by atoms with van der Waals surface area (Å²) in [7, 11) is 0. The Morgan fingerprint density at radius 2 is 1.90 bits per heavy atom. The lowest BCUT2D eigenvalue weighted by Gasteiger charge is -2.13. The molecule has 1 saturated heterocycles. The van der Waals surface area contributed by atoms with Crippen LogP contribution in [-0.2, 0) is 16.1 Å². The van der Waals surface area contributed by atoms with Crippen LogP contribution in [0.15, 0.2) is 109 Å². The molecule has 2 amide bonds. The van der Waals surface area contributed by atoms with Crippen molar-refractivity contribution < 1.29 is 23.8 Å². The number of anilines is 1. The predicted molar refractivity (Wildman–Crippen MR) is 168 cm³/mol. The Bertz CT molecular complexity index is 1690. The minimum absolute atomic E-state index is 0.0636. The summed E-state index contributed by atoms with van der Waals surface area (Å²) in [5.74, 6) is 0.381. The quantitative estimate of drug-likeness (QED) is 0.114. The number of hydrogen-bond donors (Lipinski definition) is 2. The maximum absolute atomic E-state index is 13.5. The molecule has 1 aliphatic heterocycles. The van der Waals surface area contributed by atoms with Crippen LogP contribution in [-0.4, -0.2) is 39.8 Å². The van der Waals surface area contributed by atoms with Gasteiger partial charge in [-0.2, -0.15) is 5.10 Å². The Kier molecular flexibility index (Phi) is 9.42. The molecule has 3 aromatic carbocycles. The zero-order valence-electron chi connectivity index (χ0n) is 21.7. The molecule has 2 N–H and O–H groups in total. The summed E-state index contributed by atoms with van der Waals surface area (Å²) in [6.45, 7) is -0.103. The second-order valence-electron chi connectivity index (χ2n) is 8.79. The van der Waals surface area contributed by atoms with Gasteiger partial charge in [-0.05, 0) is 84.6 Å². The number of nitrogens with zero attached hydrogens (tertiary/aromatic N) is 3. The van der Waals surface area contributed by atoms with Gasteiger partial charge in [0.15, 0.2) is 11.8 Å². The number of benzene rings is 3. The van der Waals surface area contributed by atoms with Crippen molar-refractivity contribution in [2.24, 2.45) is 10.2 Å². The molecule has 1 fully saturated rings. The molecule has 5 rings (SSSR count). The van der Waals surface area contributed by atoms with Crippen LogP contribution in [0.25, 0.3) is 6.08 Å². The topological polar surface area (TPSA) is 117 Å². The number of hydrogen-bond acceptors (Lipinski definition) is 8. The Hall–Kier alpha value is -4.32. The van der Waals surface area contributed by atoms with E-state index in [2.05, 4.69) is 31.4 Å². The Morgan fingerprint density at radius 3 is 2.67 bits per heavy atom. The first kappa shape index (κ1) is 29.2. The second-order valence-corrected chi connectivity index (χ2v) is 11.2. The molecule has 0 unspecified atom stereocenters. The Morgan fingerprint density at radius 1 is 1.10 bits per heavy atom. The number of carbonyl (C=O) groups is 2. The van der Waals surface area contributed by atoms with Crippen LogP contribution in [0, 0.1) is 0 Å². The van der Waals surface area contributed by atoms with Gasteiger partial charge in [-0.1, -0.05) is 39.7 Å². The van der Waals surface area contributed by atoms with E-state index in [0.29, 0.717) is 43.4 Å². The molecule has 2 heterocycles. The third-order valence-corrected chi connectivity index (χ3v) is 7.55. The monoisotopic (exact) mass is 664 g/mol. The van der Waals surface area contributed by atoms with E-state index in [1.165, 1.54) is 17.4 Å². The molecule has 9 nitrogen and oxygen atoms in total. The van der Waals surface area contributed by atoms with Crippen LogP contribution >= 0.6 is 39.3 Å². The number of amides is 2. The molecule has 42 heavy (non-hydrogen) atoms. The molecule has 12 heteroatoms. The lowest BCUT2D eigenvalue weighted by Crippen LogP contribution is -2.28. The lowest BCUT2D eigenvalue weighted by molar-refractivity contribution is -0.122. The molecule has 212 valence electrons. The lowest BCUT2D eigenvalue weighted by atomic mass is 10.2. The molecule has 0 bridgehead atoms. The summed E-state index contributed by atoms with van der Waals surface area (Å²) >= 11 is 10.5. The summed E-state index contributed by atoms with van der Waals surface area (Å²) in [6.07, 6.45) is 4.62. The van der Waals surface area contributed by atoms with Crippen LogP contribution in [0.3, 0.4) is 0 Å². The maximum Gasteiger partial charge on any atom is 0.267 e. The second kappa shape index (κ2) is 13.6. The summed E-state index contributed by atoms with van der Waals surface area (Å²) in [6, 6.07) is 22.2. The average Bonchev–Trinajstić information content (AvgIpc) is 3.59. The minimum atomic E-state index is -0.355. The number of thioether (sulfide) groups is 1. The molecular formula is C30H22BrClN4O5S. The molecule has 0 spiro atoms. The summed E-state index contributed by atoms with van der Waals surface area (Å²) < 4.78 is 12.0. The molecule has 1 aromatic heterocycles. The van der Waals surface area contributed by atoms with E-state index in [4.69, 9.17) is 20.8 Å². The summed E-state index contributed by atoms with van der Waals surface area (Å²) in [5, 5.41) is 22.0. The fraction of sp³-hybridized carbons (Fsp3) is 0.0667. The van der Waals surface area contributed by atoms with Gasteiger partial charge in [0, 0.05) is 26.3 Å². The molecule has 0 saturated carbocycles. The average molecular weight is 666 g/mol. The van der Waals surface area contributed by atoms with Crippen LogP contribution in [0.1, 0.15) is 16.9 Å². The van der Waals surface area contributed by atoms with Crippen molar-refractivity contribution in [2.75, 3.05) is 11.9 Å². The van der Waals surface area contributed by atoms with Crippen LogP contribution in [0.2, 0.25) is 5.02 Å². The summed E-state index contributed by atoms with van der Waals surface area (Å²) in [5.41, 5.74) is 1.66. The fourth-order valence-corrected chi connectivity index (χ4v) is 5.23. The van der Waals surface area contributed by atoms with Gasteiger partial charge in [0.1, 0.15) is 17.3 Å². The number of halogens is 2. The number of furan rings is 1. The fourth-order valence-electron chi connectivity index (χ4n) is 3.80. The highest BCUT2D eigenvalue weighted by atomic mass is 79.9. The van der Waals surface area contributed by atoms with Crippen molar-refractivity contribution in [1.82, 2.24) is 4.90 Å². The molecule has 0 aliphatic carbocycles. The van der Waals surface area contributed by atoms with Gasteiger partial charge in [0.25, 0.3) is 11.8 Å². The largest absolute Gasteiger partial charge is 0.507 e. The molecule has 0 radical (unpaired) electrons. The van der Waals surface area contributed by atoms with E-state index in [1.54, 1.807) is 84.9 Å². The van der Waals surface area contributed by atoms with Crippen LogP contribution in [0.5, 0.6) is 11.5 Å². The number of phenolic OH excluding ortho intramolecular Hbond substituents is 1. The number of ether oxygens (including phenoxy) is 1. The first-order valence-corrected chi connectivity index (χ1v) is 14.4. The molecule has 4 aromatic rings. The van der Waals surface area contributed by atoms with Crippen molar-refractivity contribution in [2.45, 2.75) is 6.54 Å². The van der Waals surface area contributed by atoms with Gasteiger partial charge in [-0.15, -0.1) is 5.10 Å². The van der Waals surface area contributed by atoms with Crippen LogP contribution < -0.4 is 10.1 Å². The summed E-state index contributed by atoms with van der Waals surface area (Å²) in [4.78, 5) is 27.8. The normalized spacial score (nSPS) is 15.2. The number of nitrogens with one attached hydrogen (secondary N) is 1.